The average molecular weight is 571 g/mol. The van der Waals surface area contributed by atoms with Crippen LogP contribution in [0.2, 0.25) is 0 Å². The van der Waals surface area contributed by atoms with Crippen molar-refractivity contribution < 1.29 is 38.8 Å². The maximum atomic E-state index is 11.6. The third kappa shape index (κ3) is 35.6. The quantitative estimate of drug-likeness (QED) is 0.0451. The Morgan fingerprint density at radius 1 is 0.550 bits per heavy atom. The zero-order chi connectivity index (χ0) is 30.5. The van der Waals surface area contributed by atoms with Crippen LogP contribution >= 0.6 is 0 Å². The Hall–Kier alpha value is -2.38. The summed E-state index contributed by atoms with van der Waals surface area (Å²) in [5, 5.41) is 8.17. The molecule has 0 rings (SSSR count). The second-order valence-electron chi connectivity index (χ2n) is 11.3. The number of carbonyl (C=O) groups excluding carboxylic acids is 3. The number of carboxylic acid groups (broad SMARTS) is 1. The van der Waals surface area contributed by atoms with Crippen molar-refractivity contribution in [2.75, 3.05) is 0 Å². The van der Waals surface area contributed by atoms with Crippen molar-refractivity contribution in [1.82, 2.24) is 0 Å². The zero-order valence-electron chi connectivity index (χ0n) is 26.1. The summed E-state index contributed by atoms with van der Waals surface area (Å²) in [5.41, 5.74) is -0.583. The van der Waals surface area contributed by atoms with Crippen LogP contribution in [-0.2, 0) is 33.7 Å². The lowest BCUT2D eigenvalue weighted by atomic mass is 10.1. The maximum absolute atomic E-state index is 11.6. The van der Waals surface area contributed by atoms with Crippen LogP contribution in [0.5, 0.6) is 0 Å². The number of carbonyl (C=O) groups is 4. The first-order valence-corrected chi connectivity index (χ1v) is 15.6. The summed E-state index contributed by atoms with van der Waals surface area (Å²) >= 11 is 0. The summed E-state index contributed by atoms with van der Waals surface area (Å²) in [7, 11) is 0. The number of esters is 1. The van der Waals surface area contributed by atoms with E-state index in [2.05, 4.69) is 23.6 Å². The maximum Gasteiger partial charge on any atom is 0.355 e. The van der Waals surface area contributed by atoms with Crippen LogP contribution in [0.25, 0.3) is 0 Å². The van der Waals surface area contributed by atoms with E-state index >= 15 is 0 Å². The molecule has 0 atom stereocenters. The highest BCUT2D eigenvalue weighted by atomic mass is 17.2. The largest absolute Gasteiger partial charge is 0.478 e. The number of unbranched alkanes of at least 4 members (excludes halogenated alkanes) is 16. The van der Waals surface area contributed by atoms with E-state index < -0.39 is 29.5 Å². The Bertz CT molecular complexity index is 645. The second-order valence-corrected chi connectivity index (χ2v) is 11.3. The molecule has 0 fully saturated rings. The predicted octanol–water partition coefficient (Wildman–Crippen LogP) is 8.80. The fourth-order valence-electron chi connectivity index (χ4n) is 3.81. The van der Waals surface area contributed by atoms with E-state index in [1.807, 2.05) is 0 Å². The Balaban J connectivity index is 0. The Morgan fingerprint density at radius 2 is 0.875 bits per heavy atom. The molecule has 0 saturated heterocycles. The number of hydrogen-bond acceptors (Lipinski definition) is 7. The first-order chi connectivity index (χ1) is 19.0. The molecule has 0 aliphatic rings. The molecule has 40 heavy (non-hydrogen) atoms. The SMILES string of the molecule is CC(C)(C)OC(=O)/C=C\C(=O)O.CCCCCCCCCCCC(=O)OOC(=O)CCCCCCCCCCC. The van der Waals surface area contributed by atoms with Crippen LogP contribution in [0.4, 0.5) is 0 Å². The smallest absolute Gasteiger partial charge is 0.355 e. The summed E-state index contributed by atoms with van der Waals surface area (Å²) in [6.45, 7) is 9.58. The molecule has 0 bridgehead atoms. The van der Waals surface area contributed by atoms with Crippen molar-refractivity contribution in [2.45, 2.75) is 169 Å². The van der Waals surface area contributed by atoms with Gasteiger partial charge in [0.25, 0.3) is 0 Å². The van der Waals surface area contributed by atoms with Gasteiger partial charge in [0.2, 0.25) is 0 Å². The molecular weight excluding hydrogens is 512 g/mol. The molecule has 0 unspecified atom stereocenters. The van der Waals surface area contributed by atoms with Gasteiger partial charge in [-0.05, 0) is 33.6 Å². The Kier molecular flexibility index (Phi) is 28.0. The summed E-state index contributed by atoms with van der Waals surface area (Å²) in [6.07, 6.45) is 24.0. The summed E-state index contributed by atoms with van der Waals surface area (Å²) in [6, 6.07) is 0. The number of hydrogen-bond donors (Lipinski definition) is 1. The van der Waals surface area contributed by atoms with E-state index in [4.69, 9.17) is 9.84 Å². The molecule has 0 amide bonds. The molecule has 0 spiro atoms. The van der Waals surface area contributed by atoms with Crippen molar-refractivity contribution in [3.05, 3.63) is 12.2 Å². The van der Waals surface area contributed by atoms with Crippen molar-refractivity contribution in [2.24, 2.45) is 0 Å². The van der Waals surface area contributed by atoms with Gasteiger partial charge >= 0.3 is 23.9 Å². The minimum atomic E-state index is -1.17. The van der Waals surface area contributed by atoms with Gasteiger partial charge in [-0.25, -0.2) is 29.0 Å². The van der Waals surface area contributed by atoms with E-state index in [0.717, 1.165) is 50.7 Å². The minimum Gasteiger partial charge on any atom is -0.478 e. The molecule has 0 aromatic heterocycles. The third-order valence-corrected chi connectivity index (χ3v) is 5.97. The molecule has 234 valence electrons. The van der Waals surface area contributed by atoms with Gasteiger partial charge in [-0.2, -0.15) is 0 Å². The molecule has 1 N–H and O–H groups in total. The van der Waals surface area contributed by atoms with Crippen LogP contribution < -0.4 is 0 Å². The lowest BCUT2D eigenvalue weighted by molar-refractivity contribution is -0.259. The lowest BCUT2D eigenvalue weighted by Gasteiger charge is -2.17. The minimum absolute atomic E-state index is 0.334. The van der Waals surface area contributed by atoms with Gasteiger partial charge in [0.1, 0.15) is 5.60 Å². The number of rotatable bonds is 22. The van der Waals surface area contributed by atoms with E-state index in [1.54, 1.807) is 20.8 Å². The summed E-state index contributed by atoms with van der Waals surface area (Å²) in [5.74, 6) is -2.67. The first kappa shape index (κ1) is 39.8. The van der Waals surface area contributed by atoms with Gasteiger partial charge in [-0.15, -0.1) is 0 Å². The van der Waals surface area contributed by atoms with Crippen LogP contribution in [-0.4, -0.2) is 34.6 Å². The van der Waals surface area contributed by atoms with Gasteiger partial charge in [0.15, 0.2) is 0 Å². The normalized spacial score (nSPS) is 11.0. The van der Waals surface area contributed by atoms with Crippen LogP contribution in [0.1, 0.15) is 163 Å². The van der Waals surface area contributed by atoms with Crippen LogP contribution in [0.3, 0.4) is 0 Å². The molecule has 0 aliphatic heterocycles. The second kappa shape index (κ2) is 28.2. The standard InChI is InChI=1S/C24H46O4.C8H12O4/c1-3-5-7-9-11-13-15-17-19-21-23(25)27-28-24(26)22-20-18-16-14-12-10-8-6-4-2;1-8(2,3)12-7(11)5-4-6(9)10/h3-22H2,1-2H3;4-5H,1-3H3,(H,9,10)/b;5-4-. The molecule has 0 radical (unpaired) electrons. The van der Waals surface area contributed by atoms with Crippen molar-refractivity contribution in [3.8, 4) is 0 Å². The fourth-order valence-corrected chi connectivity index (χ4v) is 3.81. The fraction of sp³-hybridized carbons (Fsp3) is 0.812. The molecule has 0 aromatic carbocycles. The monoisotopic (exact) mass is 570 g/mol. The van der Waals surface area contributed by atoms with Crippen LogP contribution in [0.15, 0.2) is 12.2 Å². The van der Waals surface area contributed by atoms with Gasteiger partial charge < -0.3 is 9.84 Å². The molecule has 8 nitrogen and oxygen atoms in total. The Morgan fingerprint density at radius 3 is 1.18 bits per heavy atom. The number of carboxylic acids is 1. The first-order valence-electron chi connectivity index (χ1n) is 15.6. The molecule has 0 aromatic rings. The molecule has 8 heteroatoms. The summed E-state index contributed by atoms with van der Waals surface area (Å²) < 4.78 is 4.80. The molecular formula is C32H58O8. The average Bonchev–Trinajstić information content (AvgIpc) is 2.88. The van der Waals surface area contributed by atoms with Crippen molar-refractivity contribution >= 4 is 23.9 Å². The Labute approximate surface area is 243 Å². The van der Waals surface area contributed by atoms with E-state index in [1.165, 1.54) is 77.0 Å². The van der Waals surface area contributed by atoms with Crippen LogP contribution in [0, 0.1) is 0 Å². The zero-order valence-corrected chi connectivity index (χ0v) is 26.1. The van der Waals surface area contributed by atoms with Gasteiger partial charge in [0, 0.05) is 12.2 Å². The summed E-state index contributed by atoms with van der Waals surface area (Å²) in [4.78, 5) is 53.2. The molecule has 0 aliphatic carbocycles. The van der Waals surface area contributed by atoms with E-state index in [9.17, 15) is 19.2 Å². The van der Waals surface area contributed by atoms with E-state index in [-0.39, 0.29) is 0 Å². The highest BCUT2D eigenvalue weighted by Crippen LogP contribution is 2.12. The van der Waals surface area contributed by atoms with Gasteiger partial charge in [-0.3, -0.25) is 0 Å². The lowest BCUT2D eigenvalue weighted by Crippen LogP contribution is -2.22. The van der Waals surface area contributed by atoms with Gasteiger partial charge in [0.05, 0.1) is 12.8 Å². The predicted molar refractivity (Wildman–Crippen MR) is 158 cm³/mol. The topological polar surface area (TPSA) is 116 Å². The highest BCUT2D eigenvalue weighted by Gasteiger charge is 2.14. The molecule has 0 heterocycles. The molecule has 0 saturated carbocycles. The van der Waals surface area contributed by atoms with Crippen molar-refractivity contribution in [1.29, 1.82) is 0 Å². The van der Waals surface area contributed by atoms with Crippen molar-refractivity contribution in [3.63, 3.8) is 0 Å². The van der Waals surface area contributed by atoms with E-state index in [0.29, 0.717) is 12.8 Å². The van der Waals surface area contributed by atoms with Gasteiger partial charge in [-0.1, -0.05) is 117 Å². The third-order valence-electron chi connectivity index (χ3n) is 5.97. The number of aliphatic carboxylic acids is 1. The highest BCUT2D eigenvalue weighted by molar-refractivity contribution is 5.90. The number of ether oxygens (including phenoxy) is 1.